The number of amides is 1. The Morgan fingerprint density at radius 1 is 1.71 bits per heavy atom. The van der Waals surface area contributed by atoms with E-state index in [1.165, 1.54) is 0 Å². The fourth-order valence-electron chi connectivity index (χ4n) is 1.57. The molecule has 3 atom stereocenters. The number of nitrogens with one attached hydrogen (secondary N) is 1. The van der Waals surface area contributed by atoms with Crippen molar-refractivity contribution in [2.75, 3.05) is 12.5 Å². The van der Waals surface area contributed by atoms with Crippen LogP contribution in [0.25, 0.3) is 0 Å². The van der Waals surface area contributed by atoms with E-state index in [1.807, 2.05) is 13.8 Å². The molecule has 0 aromatic heterocycles. The lowest BCUT2D eigenvalue weighted by Gasteiger charge is -2.16. The van der Waals surface area contributed by atoms with E-state index in [4.69, 9.17) is 16.3 Å². The predicted octanol–water partition coefficient (Wildman–Crippen LogP) is 1.54. The van der Waals surface area contributed by atoms with E-state index in [0.717, 1.165) is 12.8 Å². The predicted molar refractivity (Wildman–Crippen MR) is 56.5 cm³/mol. The van der Waals surface area contributed by atoms with Crippen molar-refractivity contribution in [3.05, 3.63) is 0 Å². The van der Waals surface area contributed by atoms with Gasteiger partial charge in [-0.3, -0.25) is 4.79 Å². The van der Waals surface area contributed by atoms with Crippen LogP contribution in [0.3, 0.4) is 0 Å². The van der Waals surface area contributed by atoms with Gasteiger partial charge in [0.05, 0.1) is 18.6 Å². The number of alkyl halides is 1. The van der Waals surface area contributed by atoms with Crippen molar-refractivity contribution in [2.24, 2.45) is 5.92 Å². The van der Waals surface area contributed by atoms with Gasteiger partial charge >= 0.3 is 0 Å². The summed E-state index contributed by atoms with van der Waals surface area (Å²) in [7, 11) is 0. The van der Waals surface area contributed by atoms with Crippen LogP contribution in [0.5, 0.6) is 0 Å². The first-order valence-corrected chi connectivity index (χ1v) is 5.68. The second kappa shape index (κ2) is 5.56. The minimum absolute atomic E-state index is 0.0160. The van der Waals surface area contributed by atoms with Gasteiger partial charge in [0.25, 0.3) is 0 Å². The average Bonchev–Trinajstić information content (AvgIpc) is 2.61. The summed E-state index contributed by atoms with van der Waals surface area (Å²) in [5.74, 6) is 0.579. The summed E-state index contributed by atoms with van der Waals surface area (Å²) in [5, 5.41) is 2.93. The highest BCUT2D eigenvalue weighted by Crippen LogP contribution is 2.19. The van der Waals surface area contributed by atoms with E-state index in [2.05, 4.69) is 5.32 Å². The quantitative estimate of drug-likeness (QED) is 0.729. The lowest BCUT2D eigenvalue weighted by atomic mass is 10.0. The Labute approximate surface area is 90.1 Å². The number of hydrogen-bond donors (Lipinski definition) is 1. The van der Waals surface area contributed by atoms with E-state index in [0.29, 0.717) is 12.5 Å². The van der Waals surface area contributed by atoms with Crippen LogP contribution < -0.4 is 5.32 Å². The molecular formula is C10H18ClNO2. The molecule has 0 aliphatic carbocycles. The SMILES string of the molecule is CCC(CCl)NC(=O)C1COC(C)C1. The molecule has 1 aliphatic rings. The first-order chi connectivity index (χ1) is 6.67. The zero-order valence-corrected chi connectivity index (χ0v) is 9.51. The van der Waals surface area contributed by atoms with Gasteiger partial charge in [-0.2, -0.15) is 0 Å². The van der Waals surface area contributed by atoms with E-state index in [-0.39, 0.29) is 24.0 Å². The second-order valence-corrected chi connectivity index (χ2v) is 4.15. The molecule has 1 heterocycles. The summed E-state index contributed by atoms with van der Waals surface area (Å²) in [6.07, 6.45) is 1.91. The van der Waals surface area contributed by atoms with Crippen LogP contribution in [0, 0.1) is 5.92 Å². The van der Waals surface area contributed by atoms with Gasteiger partial charge in [0.1, 0.15) is 0 Å². The zero-order chi connectivity index (χ0) is 10.6. The van der Waals surface area contributed by atoms with Crippen molar-refractivity contribution in [3.8, 4) is 0 Å². The Bertz CT molecular complexity index is 195. The lowest BCUT2D eigenvalue weighted by molar-refractivity contribution is -0.125. The second-order valence-electron chi connectivity index (χ2n) is 3.84. The van der Waals surface area contributed by atoms with Crippen LogP contribution in [0.15, 0.2) is 0 Å². The first kappa shape index (κ1) is 11.8. The molecule has 3 unspecified atom stereocenters. The van der Waals surface area contributed by atoms with Gasteiger partial charge in [0.2, 0.25) is 5.91 Å². The molecule has 1 N–H and O–H groups in total. The molecule has 3 nitrogen and oxygen atoms in total. The summed E-state index contributed by atoms with van der Waals surface area (Å²) < 4.78 is 5.34. The monoisotopic (exact) mass is 219 g/mol. The van der Waals surface area contributed by atoms with Crippen LogP contribution in [0.4, 0.5) is 0 Å². The third-order valence-electron chi connectivity index (χ3n) is 2.59. The maximum atomic E-state index is 11.7. The summed E-state index contributed by atoms with van der Waals surface area (Å²) in [6, 6.07) is 0.0973. The zero-order valence-electron chi connectivity index (χ0n) is 8.75. The standard InChI is InChI=1S/C10H18ClNO2/c1-3-9(5-11)12-10(13)8-4-7(2)14-6-8/h7-9H,3-6H2,1-2H3,(H,12,13). The van der Waals surface area contributed by atoms with E-state index in [9.17, 15) is 4.79 Å². The minimum Gasteiger partial charge on any atom is -0.378 e. The van der Waals surface area contributed by atoms with E-state index >= 15 is 0 Å². The summed E-state index contributed by atoms with van der Waals surface area (Å²) in [6.45, 7) is 4.55. The van der Waals surface area contributed by atoms with Crippen molar-refractivity contribution in [1.82, 2.24) is 5.32 Å². The lowest BCUT2D eigenvalue weighted by Crippen LogP contribution is -2.39. The molecule has 0 radical (unpaired) electrons. The molecular weight excluding hydrogens is 202 g/mol. The Balaban J connectivity index is 2.34. The molecule has 82 valence electrons. The third kappa shape index (κ3) is 3.14. The molecule has 1 rings (SSSR count). The summed E-state index contributed by atoms with van der Waals surface area (Å²) >= 11 is 5.70. The molecule has 1 amide bonds. The number of rotatable bonds is 4. The van der Waals surface area contributed by atoms with Crippen molar-refractivity contribution in [3.63, 3.8) is 0 Å². The van der Waals surface area contributed by atoms with Gasteiger partial charge in [-0.25, -0.2) is 0 Å². The first-order valence-electron chi connectivity index (χ1n) is 5.15. The van der Waals surface area contributed by atoms with Crippen molar-refractivity contribution >= 4 is 17.5 Å². The van der Waals surface area contributed by atoms with Gasteiger partial charge in [0, 0.05) is 11.9 Å². The highest BCUT2D eigenvalue weighted by Gasteiger charge is 2.28. The maximum Gasteiger partial charge on any atom is 0.225 e. The van der Waals surface area contributed by atoms with Crippen LogP contribution >= 0.6 is 11.6 Å². The number of halogens is 1. The van der Waals surface area contributed by atoms with Gasteiger partial charge in [-0.15, -0.1) is 11.6 Å². The molecule has 0 bridgehead atoms. The Hall–Kier alpha value is -0.280. The summed E-state index contributed by atoms with van der Waals surface area (Å²) in [5.41, 5.74) is 0. The Morgan fingerprint density at radius 3 is 2.86 bits per heavy atom. The number of carbonyl (C=O) groups is 1. The normalized spacial score (nSPS) is 28.8. The molecule has 1 fully saturated rings. The van der Waals surface area contributed by atoms with Crippen LogP contribution in [0.2, 0.25) is 0 Å². The minimum atomic E-state index is 0.0160. The summed E-state index contributed by atoms with van der Waals surface area (Å²) in [4.78, 5) is 11.7. The smallest absolute Gasteiger partial charge is 0.225 e. The van der Waals surface area contributed by atoms with Gasteiger partial charge in [0.15, 0.2) is 0 Å². The Kier molecular flexibility index (Phi) is 4.69. The Morgan fingerprint density at radius 2 is 2.43 bits per heavy atom. The van der Waals surface area contributed by atoms with Crippen molar-refractivity contribution in [1.29, 1.82) is 0 Å². The highest BCUT2D eigenvalue weighted by atomic mass is 35.5. The highest BCUT2D eigenvalue weighted by molar-refractivity contribution is 6.18. The third-order valence-corrected chi connectivity index (χ3v) is 2.97. The van der Waals surface area contributed by atoms with Gasteiger partial charge in [-0.1, -0.05) is 6.92 Å². The van der Waals surface area contributed by atoms with Crippen LogP contribution in [-0.2, 0) is 9.53 Å². The van der Waals surface area contributed by atoms with Crippen molar-refractivity contribution < 1.29 is 9.53 Å². The fraction of sp³-hybridized carbons (Fsp3) is 0.900. The van der Waals surface area contributed by atoms with Gasteiger partial charge in [-0.05, 0) is 19.8 Å². The molecule has 0 aromatic rings. The molecule has 0 aromatic carbocycles. The van der Waals surface area contributed by atoms with Gasteiger partial charge < -0.3 is 10.1 Å². The average molecular weight is 220 g/mol. The number of ether oxygens (including phenoxy) is 1. The number of hydrogen-bond acceptors (Lipinski definition) is 2. The number of carbonyl (C=O) groups excluding carboxylic acids is 1. The van der Waals surface area contributed by atoms with Crippen LogP contribution in [-0.4, -0.2) is 30.5 Å². The van der Waals surface area contributed by atoms with E-state index < -0.39 is 0 Å². The van der Waals surface area contributed by atoms with Crippen molar-refractivity contribution in [2.45, 2.75) is 38.8 Å². The molecule has 4 heteroatoms. The largest absolute Gasteiger partial charge is 0.378 e. The topological polar surface area (TPSA) is 38.3 Å². The van der Waals surface area contributed by atoms with Crippen LogP contribution in [0.1, 0.15) is 26.7 Å². The van der Waals surface area contributed by atoms with E-state index in [1.54, 1.807) is 0 Å². The molecule has 14 heavy (non-hydrogen) atoms. The molecule has 1 saturated heterocycles. The molecule has 0 saturated carbocycles. The molecule has 0 spiro atoms. The maximum absolute atomic E-state index is 11.7. The fourth-order valence-corrected chi connectivity index (χ4v) is 1.86. The molecule has 1 aliphatic heterocycles.